The highest BCUT2D eigenvalue weighted by molar-refractivity contribution is 5.80. The van der Waals surface area contributed by atoms with Gasteiger partial charge in [0.15, 0.2) is 0 Å². The number of hydrogen-bond acceptors (Lipinski definition) is 4. The van der Waals surface area contributed by atoms with Crippen molar-refractivity contribution in [3.05, 3.63) is 59.9 Å². The molecule has 156 valence electrons. The number of hydrogen-bond donors (Lipinski definition) is 1. The van der Waals surface area contributed by atoms with E-state index in [0.29, 0.717) is 12.1 Å². The van der Waals surface area contributed by atoms with E-state index in [1.807, 2.05) is 42.5 Å². The summed E-state index contributed by atoms with van der Waals surface area (Å²) in [5, 5.41) is 3.11. The van der Waals surface area contributed by atoms with Crippen LogP contribution in [-0.4, -0.2) is 34.8 Å². The number of piperidine rings is 1. The fourth-order valence-corrected chi connectivity index (χ4v) is 4.27. The molecule has 1 amide bonds. The number of amides is 1. The molecule has 4 rings (SSSR count). The third-order valence-electron chi connectivity index (χ3n) is 5.87. The molecule has 2 heterocycles. The molecule has 1 fully saturated rings. The Morgan fingerprint density at radius 1 is 1.13 bits per heavy atom. The van der Waals surface area contributed by atoms with Gasteiger partial charge in [-0.1, -0.05) is 12.1 Å². The minimum absolute atomic E-state index is 0.0207. The molecule has 6 heteroatoms. The van der Waals surface area contributed by atoms with Crippen molar-refractivity contribution in [2.24, 2.45) is 5.92 Å². The summed E-state index contributed by atoms with van der Waals surface area (Å²) in [4.78, 5) is 30.6. The maximum absolute atomic E-state index is 12.8. The molecular formula is C24H28N4O2. The Morgan fingerprint density at radius 2 is 1.83 bits per heavy atom. The lowest BCUT2D eigenvalue weighted by Crippen LogP contribution is -2.40. The van der Waals surface area contributed by atoms with E-state index >= 15 is 0 Å². The second kappa shape index (κ2) is 8.69. The van der Waals surface area contributed by atoms with E-state index in [9.17, 15) is 9.59 Å². The van der Waals surface area contributed by atoms with E-state index in [-0.39, 0.29) is 17.9 Å². The van der Waals surface area contributed by atoms with Gasteiger partial charge in [-0.2, -0.15) is 0 Å². The average molecular weight is 405 g/mol. The molecule has 2 aromatic carbocycles. The minimum atomic E-state index is 0.0207. The van der Waals surface area contributed by atoms with Gasteiger partial charge < -0.3 is 14.8 Å². The molecule has 30 heavy (non-hydrogen) atoms. The number of carbonyl (C=O) groups is 2. The summed E-state index contributed by atoms with van der Waals surface area (Å²) in [5.41, 5.74) is 3.85. The Kier molecular flexibility index (Phi) is 5.84. The number of fused-ring (bicyclic) bond motifs is 1. The van der Waals surface area contributed by atoms with Crippen molar-refractivity contribution in [3.63, 3.8) is 0 Å². The predicted molar refractivity (Wildman–Crippen MR) is 119 cm³/mol. The van der Waals surface area contributed by atoms with Gasteiger partial charge in [0.1, 0.15) is 12.1 Å². The maximum atomic E-state index is 12.8. The number of carbonyl (C=O) groups excluding carboxylic acids is 2. The first-order valence-electron chi connectivity index (χ1n) is 10.6. The molecule has 0 radical (unpaired) electrons. The molecule has 0 unspecified atom stereocenters. The average Bonchev–Trinajstić information content (AvgIpc) is 3.16. The van der Waals surface area contributed by atoms with E-state index in [1.54, 1.807) is 0 Å². The summed E-state index contributed by atoms with van der Waals surface area (Å²) in [7, 11) is 0. The highest BCUT2D eigenvalue weighted by atomic mass is 16.1. The van der Waals surface area contributed by atoms with Crippen LogP contribution in [0.3, 0.4) is 0 Å². The molecular weight excluding hydrogens is 376 g/mol. The van der Waals surface area contributed by atoms with E-state index in [4.69, 9.17) is 4.98 Å². The SMILES string of the molecule is CC(C)n1c(CNC(=O)C2CCN(c3ccc(C=O)cc3)CC2)nc2ccccc21. The van der Waals surface area contributed by atoms with Gasteiger partial charge in [-0.05, 0) is 63.1 Å². The van der Waals surface area contributed by atoms with Crippen LogP contribution >= 0.6 is 0 Å². The van der Waals surface area contributed by atoms with E-state index in [1.165, 1.54) is 0 Å². The van der Waals surface area contributed by atoms with Gasteiger partial charge >= 0.3 is 0 Å². The highest BCUT2D eigenvalue weighted by Gasteiger charge is 2.25. The molecule has 1 aliphatic heterocycles. The molecule has 0 aliphatic carbocycles. The van der Waals surface area contributed by atoms with Crippen LogP contribution in [0.15, 0.2) is 48.5 Å². The van der Waals surface area contributed by atoms with Crippen LogP contribution in [0.5, 0.6) is 0 Å². The van der Waals surface area contributed by atoms with Crippen molar-refractivity contribution in [2.45, 2.75) is 39.3 Å². The van der Waals surface area contributed by atoms with Crippen molar-refractivity contribution >= 4 is 28.9 Å². The summed E-state index contributed by atoms with van der Waals surface area (Å²) in [6.45, 7) is 6.39. The fourth-order valence-electron chi connectivity index (χ4n) is 4.27. The number of nitrogens with zero attached hydrogens (tertiary/aromatic N) is 3. The lowest BCUT2D eigenvalue weighted by atomic mass is 9.95. The molecule has 1 aliphatic rings. The van der Waals surface area contributed by atoms with Gasteiger partial charge in [0.05, 0.1) is 17.6 Å². The Morgan fingerprint density at radius 3 is 2.50 bits per heavy atom. The molecule has 1 N–H and O–H groups in total. The zero-order valence-electron chi connectivity index (χ0n) is 17.5. The topological polar surface area (TPSA) is 67.2 Å². The molecule has 0 spiro atoms. The van der Waals surface area contributed by atoms with Crippen molar-refractivity contribution in [2.75, 3.05) is 18.0 Å². The number of imidazole rings is 1. The van der Waals surface area contributed by atoms with Crippen molar-refractivity contribution < 1.29 is 9.59 Å². The van der Waals surface area contributed by atoms with E-state index < -0.39 is 0 Å². The van der Waals surface area contributed by atoms with Gasteiger partial charge in [0, 0.05) is 36.3 Å². The lowest BCUT2D eigenvalue weighted by molar-refractivity contribution is -0.125. The molecule has 3 aromatic rings. The van der Waals surface area contributed by atoms with E-state index in [0.717, 1.165) is 54.8 Å². The Labute approximate surface area is 176 Å². The lowest BCUT2D eigenvalue weighted by Gasteiger charge is -2.33. The van der Waals surface area contributed by atoms with Crippen molar-refractivity contribution in [3.8, 4) is 0 Å². The number of para-hydroxylation sites is 2. The van der Waals surface area contributed by atoms with Gasteiger partial charge in [-0.3, -0.25) is 9.59 Å². The first-order chi connectivity index (χ1) is 14.6. The second-order valence-electron chi connectivity index (χ2n) is 8.17. The number of anilines is 1. The number of rotatable bonds is 6. The van der Waals surface area contributed by atoms with Crippen molar-refractivity contribution in [1.82, 2.24) is 14.9 Å². The van der Waals surface area contributed by atoms with Crippen LogP contribution in [-0.2, 0) is 11.3 Å². The van der Waals surface area contributed by atoms with Crippen LogP contribution in [0, 0.1) is 5.92 Å². The number of aldehydes is 1. The highest BCUT2D eigenvalue weighted by Crippen LogP contribution is 2.24. The van der Waals surface area contributed by atoms with Crippen LogP contribution in [0.2, 0.25) is 0 Å². The summed E-state index contributed by atoms with van der Waals surface area (Å²) < 4.78 is 2.20. The molecule has 1 aromatic heterocycles. The van der Waals surface area contributed by atoms with Crippen LogP contribution < -0.4 is 10.2 Å². The van der Waals surface area contributed by atoms with Crippen LogP contribution in [0.1, 0.15) is 48.9 Å². The zero-order chi connectivity index (χ0) is 21.1. The Bertz CT molecular complexity index is 1030. The fraction of sp³-hybridized carbons (Fsp3) is 0.375. The van der Waals surface area contributed by atoms with Crippen molar-refractivity contribution in [1.29, 1.82) is 0 Å². The molecule has 0 saturated carbocycles. The molecule has 0 atom stereocenters. The number of aromatic nitrogens is 2. The Balaban J connectivity index is 1.36. The molecule has 1 saturated heterocycles. The van der Waals surface area contributed by atoms with Gasteiger partial charge in [0.25, 0.3) is 0 Å². The summed E-state index contributed by atoms with van der Waals surface area (Å²) >= 11 is 0. The van der Waals surface area contributed by atoms with Gasteiger partial charge in [-0.25, -0.2) is 4.98 Å². The third-order valence-corrected chi connectivity index (χ3v) is 5.87. The number of nitrogens with one attached hydrogen (secondary N) is 1. The first kappa shape index (κ1) is 20.1. The molecule has 0 bridgehead atoms. The smallest absolute Gasteiger partial charge is 0.223 e. The quantitative estimate of drug-likeness (QED) is 0.632. The summed E-state index contributed by atoms with van der Waals surface area (Å²) in [5.74, 6) is 1.02. The monoisotopic (exact) mass is 404 g/mol. The maximum Gasteiger partial charge on any atom is 0.223 e. The Hall–Kier alpha value is -3.15. The third kappa shape index (κ3) is 4.08. The molecule has 6 nitrogen and oxygen atoms in total. The van der Waals surface area contributed by atoms with Gasteiger partial charge in [0.2, 0.25) is 5.91 Å². The largest absolute Gasteiger partial charge is 0.371 e. The second-order valence-corrected chi connectivity index (χ2v) is 8.17. The summed E-state index contributed by atoms with van der Waals surface area (Å²) in [6, 6.07) is 16.0. The standard InChI is InChI=1S/C24H28N4O2/c1-17(2)28-22-6-4-3-5-21(22)26-23(28)15-25-24(30)19-11-13-27(14-12-19)20-9-7-18(16-29)8-10-20/h3-10,16-17,19H,11-15H2,1-2H3,(H,25,30). The van der Waals surface area contributed by atoms with E-state index in [2.05, 4.69) is 34.7 Å². The predicted octanol–water partition coefficient (Wildman–Crippen LogP) is 3.96. The zero-order valence-corrected chi connectivity index (χ0v) is 17.5. The van der Waals surface area contributed by atoms with Gasteiger partial charge in [-0.15, -0.1) is 0 Å². The summed E-state index contributed by atoms with van der Waals surface area (Å²) in [6.07, 6.45) is 2.50. The van der Waals surface area contributed by atoms with Crippen LogP contribution in [0.25, 0.3) is 11.0 Å². The normalized spacial score (nSPS) is 15.0. The van der Waals surface area contributed by atoms with Crippen LogP contribution in [0.4, 0.5) is 5.69 Å². The first-order valence-corrected chi connectivity index (χ1v) is 10.6. The minimum Gasteiger partial charge on any atom is -0.371 e. The number of benzene rings is 2.